The third kappa shape index (κ3) is 2.65. The molecule has 0 unspecified atom stereocenters. The van der Waals surface area contributed by atoms with Gasteiger partial charge in [-0.1, -0.05) is 0 Å². The van der Waals surface area contributed by atoms with E-state index in [0.717, 1.165) is 0 Å². The van der Waals surface area contributed by atoms with Crippen LogP contribution in [0.3, 0.4) is 0 Å². The molecular formula is C10H13NO3. The topological polar surface area (TPSA) is 69.6 Å². The number of benzene rings is 1. The van der Waals surface area contributed by atoms with Crippen LogP contribution in [0, 0.1) is 0 Å². The van der Waals surface area contributed by atoms with Crippen LogP contribution in [0.2, 0.25) is 0 Å². The fourth-order valence-electron chi connectivity index (χ4n) is 1.15. The van der Waals surface area contributed by atoms with Gasteiger partial charge in [-0.2, -0.15) is 0 Å². The molecule has 0 bridgehead atoms. The summed E-state index contributed by atoms with van der Waals surface area (Å²) in [4.78, 5) is 10.7. The van der Waals surface area contributed by atoms with Crippen molar-refractivity contribution in [3.8, 4) is 5.75 Å². The van der Waals surface area contributed by atoms with Crippen LogP contribution in [0.15, 0.2) is 18.2 Å². The highest BCUT2D eigenvalue weighted by Gasteiger charge is 2.06. The Hall–Kier alpha value is -1.71. The van der Waals surface area contributed by atoms with Crippen molar-refractivity contribution < 1.29 is 15.0 Å². The number of hydrogen-bond acceptors (Lipinski definition) is 3. The first-order chi connectivity index (χ1) is 6.49. The Morgan fingerprint density at radius 1 is 1.36 bits per heavy atom. The van der Waals surface area contributed by atoms with Crippen LogP contribution in [-0.2, 0) is 0 Å². The van der Waals surface area contributed by atoms with Crippen LogP contribution in [0.5, 0.6) is 5.75 Å². The average Bonchev–Trinajstić information content (AvgIpc) is 2.01. The van der Waals surface area contributed by atoms with E-state index in [1.165, 1.54) is 18.2 Å². The van der Waals surface area contributed by atoms with E-state index >= 15 is 0 Å². The van der Waals surface area contributed by atoms with Crippen molar-refractivity contribution in [1.29, 1.82) is 0 Å². The van der Waals surface area contributed by atoms with Gasteiger partial charge in [-0.25, -0.2) is 4.79 Å². The molecule has 0 fully saturated rings. The van der Waals surface area contributed by atoms with E-state index in [9.17, 15) is 9.90 Å². The number of carbonyl (C=O) groups is 1. The molecule has 0 spiro atoms. The molecule has 0 aromatic heterocycles. The number of carboxylic acid groups (broad SMARTS) is 1. The summed E-state index contributed by atoms with van der Waals surface area (Å²) in [5, 5.41) is 21.0. The molecule has 0 radical (unpaired) electrons. The van der Waals surface area contributed by atoms with Crippen LogP contribution in [0.1, 0.15) is 24.2 Å². The Kier molecular flexibility index (Phi) is 2.96. The van der Waals surface area contributed by atoms with Crippen LogP contribution in [-0.4, -0.2) is 22.2 Å². The lowest BCUT2D eigenvalue weighted by atomic mass is 10.2. The summed E-state index contributed by atoms with van der Waals surface area (Å²) in [6, 6.07) is 4.39. The Bertz CT molecular complexity index is 347. The van der Waals surface area contributed by atoms with Crippen molar-refractivity contribution in [3.05, 3.63) is 23.8 Å². The summed E-state index contributed by atoms with van der Waals surface area (Å²) in [6.45, 7) is 3.87. The molecule has 0 saturated heterocycles. The Labute approximate surface area is 82.2 Å². The predicted molar refractivity (Wildman–Crippen MR) is 53.8 cm³/mol. The highest BCUT2D eigenvalue weighted by molar-refractivity contribution is 5.89. The SMILES string of the molecule is CC(C)Nc1cc(O)cc(C(=O)O)c1. The maximum atomic E-state index is 10.7. The fourth-order valence-corrected chi connectivity index (χ4v) is 1.15. The highest BCUT2D eigenvalue weighted by Crippen LogP contribution is 2.20. The van der Waals surface area contributed by atoms with Crippen molar-refractivity contribution in [1.82, 2.24) is 0 Å². The largest absolute Gasteiger partial charge is 0.508 e. The molecule has 0 aliphatic carbocycles. The van der Waals surface area contributed by atoms with Crippen molar-refractivity contribution in [2.24, 2.45) is 0 Å². The van der Waals surface area contributed by atoms with E-state index in [2.05, 4.69) is 5.32 Å². The molecule has 76 valence electrons. The summed E-state index contributed by atoms with van der Waals surface area (Å²) in [5.74, 6) is -1.10. The van der Waals surface area contributed by atoms with E-state index in [1.54, 1.807) is 0 Å². The normalized spacial score (nSPS) is 10.2. The second-order valence-corrected chi connectivity index (χ2v) is 3.37. The van der Waals surface area contributed by atoms with Gasteiger partial charge < -0.3 is 15.5 Å². The van der Waals surface area contributed by atoms with Gasteiger partial charge in [0.15, 0.2) is 0 Å². The molecule has 0 atom stereocenters. The first-order valence-electron chi connectivity index (χ1n) is 4.33. The molecule has 4 nitrogen and oxygen atoms in total. The molecule has 0 saturated carbocycles. The number of phenolic OH excluding ortho intramolecular Hbond substituents is 1. The smallest absolute Gasteiger partial charge is 0.335 e. The van der Waals surface area contributed by atoms with E-state index < -0.39 is 5.97 Å². The van der Waals surface area contributed by atoms with Crippen molar-refractivity contribution in [3.63, 3.8) is 0 Å². The van der Waals surface area contributed by atoms with Crippen LogP contribution in [0.4, 0.5) is 5.69 Å². The minimum absolute atomic E-state index is 0.0481. The van der Waals surface area contributed by atoms with Gasteiger partial charge in [-0.05, 0) is 26.0 Å². The van der Waals surface area contributed by atoms with Gasteiger partial charge in [-0.15, -0.1) is 0 Å². The lowest BCUT2D eigenvalue weighted by molar-refractivity contribution is 0.0696. The number of rotatable bonds is 3. The van der Waals surface area contributed by atoms with Gasteiger partial charge in [0.25, 0.3) is 0 Å². The number of nitrogens with one attached hydrogen (secondary N) is 1. The lowest BCUT2D eigenvalue weighted by Crippen LogP contribution is -2.10. The van der Waals surface area contributed by atoms with E-state index in [-0.39, 0.29) is 17.4 Å². The molecule has 1 aromatic carbocycles. The third-order valence-corrected chi connectivity index (χ3v) is 1.62. The highest BCUT2D eigenvalue weighted by atomic mass is 16.4. The summed E-state index contributed by atoms with van der Waals surface area (Å²) in [5.41, 5.74) is 0.686. The fraction of sp³-hybridized carbons (Fsp3) is 0.300. The molecule has 1 aromatic rings. The number of hydrogen-bond donors (Lipinski definition) is 3. The number of aromatic carboxylic acids is 1. The van der Waals surface area contributed by atoms with E-state index in [1.807, 2.05) is 13.8 Å². The minimum atomic E-state index is -1.05. The summed E-state index contributed by atoms with van der Waals surface area (Å²) in [6.07, 6.45) is 0. The molecule has 1 rings (SSSR count). The first-order valence-corrected chi connectivity index (χ1v) is 4.33. The zero-order chi connectivity index (χ0) is 10.7. The minimum Gasteiger partial charge on any atom is -0.508 e. The second kappa shape index (κ2) is 4.00. The number of carboxylic acids is 1. The Morgan fingerprint density at radius 2 is 2.00 bits per heavy atom. The van der Waals surface area contributed by atoms with Crippen LogP contribution >= 0.6 is 0 Å². The average molecular weight is 195 g/mol. The molecule has 4 heteroatoms. The van der Waals surface area contributed by atoms with Gasteiger partial charge in [0, 0.05) is 17.8 Å². The summed E-state index contributed by atoms with van der Waals surface area (Å²) >= 11 is 0. The van der Waals surface area contributed by atoms with Gasteiger partial charge in [-0.3, -0.25) is 0 Å². The van der Waals surface area contributed by atoms with Gasteiger partial charge in [0.2, 0.25) is 0 Å². The second-order valence-electron chi connectivity index (χ2n) is 3.37. The maximum absolute atomic E-state index is 10.7. The standard InChI is InChI=1S/C10H13NO3/c1-6(2)11-8-3-7(10(13)14)4-9(12)5-8/h3-6,11-12H,1-2H3,(H,13,14). The molecule has 0 aliphatic heterocycles. The Balaban J connectivity index is 3.01. The molecule has 14 heavy (non-hydrogen) atoms. The monoisotopic (exact) mass is 195 g/mol. The lowest BCUT2D eigenvalue weighted by Gasteiger charge is -2.10. The Morgan fingerprint density at radius 3 is 2.50 bits per heavy atom. The molecular weight excluding hydrogens is 182 g/mol. The number of anilines is 1. The molecule has 0 amide bonds. The molecule has 0 aliphatic rings. The van der Waals surface area contributed by atoms with Gasteiger partial charge in [0.1, 0.15) is 5.75 Å². The summed E-state index contributed by atoms with van der Waals surface area (Å²) < 4.78 is 0. The quantitative estimate of drug-likeness (QED) is 0.689. The van der Waals surface area contributed by atoms with Gasteiger partial charge in [0.05, 0.1) is 5.56 Å². The zero-order valence-corrected chi connectivity index (χ0v) is 8.11. The zero-order valence-electron chi connectivity index (χ0n) is 8.11. The van der Waals surface area contributed by atoms with Crippen LogP contribution < -0.4 is 5.32 Å². The van der Waals surface area contributed by atoms with Crippen molar-refractivity contribution in [2.45, 2.75) is 19.9 Å². The third-order valence-electron chi connectivity index (χ3n) is 1.62. The predicted octanol–water partition coefficient (Wildman–Crippen LogP) is 1.91. The number of phenols is 1. The van der Waals surface area contributed by atoms with E-state index in [0.29, 0.717) is 5.69 Å². The molecule has 3 N–H and O–H groups in total. The van der Waals surface area contributed by atoms with Gasteiger partial charge >= 0.3 is 5.97 Å². The van der Waals surface area contributed by atoms with E-state index in [4.69, 9.17) is 5.11 Å². The maximum Gasteiger partial charge on any atom is 0.335 e. The van der Waals surface area contributed by atoms with Crippen molar-refractivity contribution in [2.75, 3.05) is 5.32 Å². The molecule has 0 heterocycles. The number of aromatic hydroxyl groups is 1. The summed E-state index contributed by atoms with van der Waals surface area (Å²) in [7, 11) is 0. The van der Waals surface area contributed by atoms with Crippen molar-refractivity contribution >= 4 is 11.7 Å². The first kappa shape index (κ1) is 10.4. The van der Waals surface area contributed by atoms with Crippen LogP contribution in [0.25, 0.3) is 0 Å².